The molecular formula is C13H27N3O3S. The van der Waals surface area contributed by atoms with E-state index in [0.717, 1.165) is 0 Å². The van der Waals surface area contributed by atoms with Crippen LogP contribution in [0.5, 0.6) is 0 Å². The van der Waals surface area contributed by atoms with Crippen molar-refractivity contribution < 1.29 is 13.2 Å². The monoisotopic (exact) mass is 305 g/mol. The molecule has 1 saturated heterocycles. The molecule has 118 valence electrons. The van der Waals surface area contributed by atoms with Crippen molar-refractivity contribution in [2.45, 2.75) is 53.1 Å². The van der Waals surface area contributed by atoms with E-state index >= 15 is 0 Å². The lowest BCUT2D eigenvalue weighted by Gasteiger charge is -2.34. The van der Waals surface area contributed by atoms with Crippen molar-refractivity contribution in [2.24, 2.45) is 5.41 Å². The Hall–Kier alpha value is -0.820. The third-order valence-electron chi connectivity index (χ3n) is 3.36. The van der Waals surface area contributed by atoms with E-state index in [-0.39, 0.29) is 29.3 Å². The number of nitrogens with zero attached hydrogens (tertiary/aromatic N) is 1. The molecule has 0 aromatic carbocycles. The van der Waals surface area contributed by atoms with Crippen molar-refractivity contribution in [3.05, 3.63) is 0 Å². The van der Waals surface area contributed by atoms with E-state index in [1.54, 1.807) is 0 Å². The van der Waals surface area contributed by atoms with Gasteiger partial charge in [-0.2, -0.15) is 4.31 Å². The lowest BCUT2D eigenvalue weighted by atomic mass is 9.86. The predicted octanol–water partition coefficient (Wildman–Crippen LogP) is 1.14. The number of sulfonamides is 1. The molecular weight excluding hydrogens is 278 g/mol. The van der Waals surface area contributed by atoms with Crippen LogP contribution in [0, 0.1) is 5.41 Å². The molecule has 1 atom stereocenters. The fraction of sp³-hybridized carbons (Fsp3) is 0.923. The van der Waals surface area contributed by atoms with Gasteiger partial charge in [0.15, 0.2) is 0 Å². The maximum Gasteiger partial charge on any atom is 0.315 e. The number of carbonyl (C=O) groups excluding carboxylic acids is 1. The highest BCUT2D eigenvalue weighted by Gasteiger charge is 2.35. The van der Waals surface area contributed by atoms with E-state index in [4.69, 9.17) is 0 Å². The minimum atomic E-state index is -3.14. The number of carbonyl (C=O) groups is 1. The Labute approximate surface area is 122 Å². The van der Waals surface area contributed by atoms with Crippen molar-refractivity contribution in [2.75, 3.05) is 18.8 Å². The maximum atomic E-state index is 11.9. The summed E-state index contributed by atoms with van der Waals surface area (Å²) in [7, 11) is -3.14. The predicted molar refractivity (Wildman–Crippen MR) is 80.0 cm³/mol. The fourth-order valence-corrected chi connectivity index (χ4v) is 3.63. The van der Waals surface area contributed by atoms with E-state index in [0.29, 0.717) is 19.5 Å². The first-order chi connectivity index (χ1) is 9.02. The van der Waals surface area contributed by atoms with Crippen LogP contribution in [0.15, 0.2) is 0 Å². The maximum absolute atomic E-state index is 11.9. The molecule has 1 unspecified atom stereocenters. The Morgan fingerprint density at radius 2 is 1.85 bits per heavy atom. The van der Waals surface area contributed by atoms with Crippen LogP contribution in [0.25, 0.3) is 0 Å². The zero-order valence-corrected chi connectivity index (χ0v) is 13.9. The lowest BCUT2D eigenvalue weighted by Crippen LogP contribution is -2.54. The second-order valence-electron chi connectivity index (χ2n) is 6.72. The van der Waals surface area contributed by atoms with Gasteiger partial charge in [0, 0.05) is 25.2 Å². The summed E-state index contributed by atoms with van der Waals surface area (Å²) >= 11 is 0. The SMILES string of the molecule is CC(C)NC(=O)NC(CN1CCCS1(=O)=O)C(C)(C)C. The van der Waals surface area contributed by atoms with Crippen LogP contribution >= 0.6 is 0 Å². The highest BCUT2D eigenvalue weighted by Crippen LogP contribution is 2.23. The highest BCUT2D eigenvalue weighted by atomic mass is 32.2. The number of urea groups is 1. The average Bonchev–Trinajstić information content (AvgIpc) is 2.54. The summed E-state index contributed by atoms with van der Waals surface area (Å²) in [5.74, 6) is 0.210. The van der Waals surface area contributed by atoms with Gasteiger partial charge in [0.2, 0.25) is 10.0 Å². The molecule has 2 N–H and O–H groups in total. The van der Waals surface area contributed by atoms with Crippen molar-refractivity contribution in [1.82, 2.24) is 14.9 Å². The fourth-order valence-electron chi connectivity index (χ4n) is 2.10. The van der Waals surface area contributed by atoms with Gasteiger partial charge < -0.3 is 10.6 Å². The molecule has 6 nitrogen and oxygen atoms in total. The van der Waals surface area contributed by atoms with Gasteiger partial charge in [-0.05, 0) is 25.7 Å². The van der Waals surface area contributed by atoms with Gasteiger partial charge in [0.1, 0.15) is 0 Å². The molecule has 1 heterocycles. The van der Waals surface area contributed by atoms with E-state index < -0.39 is 10.0 Å². The number of amides is 2. The van der Waals surface area contributed by atoms with Crippen molar-refractivity contribution in [3.8, 4) is 0 Å². The second kappa shape index (κ2) is 6.30. The van der Waals surface area contributed by atoms with Crippen LogP contribution < -0.4 is 10.6 Å². The van der Waals surface area contributed by atoms with Crippen LogP contribution in [0.3, 0.4) is 0 Å². The Bertz CT molecular complexity index is 440. The van der Waals surface area contributed by atoms with Gasteiger partial charge in [-0.15, -0.1) is 0 Å². The standard InChI is InChI=1S/C13H27N3O3S/c1-10(2)14-12(17)15-11(13(3,4)5)9-16-7-6-8-20(16,18)19/h10-11H,6-9H2,1-5H3,(H2,14,15,17). The van der Waals surface area contributed by atoms with E-state index in [1.165, 1.54) is 4.31 Å². The Morgan fingerprint density at radius 3 is 2.25 bits per heavy atom. The second-order valence-corrected chi connectivity index (χ2v) is 8.81. The number of hydrogen-bond acceptors (Lipinski definition) is 3. The first kappa shape index (κ1) is 17.2. The first-order valence-corrected chi connectivity index (χ1v) is 8.68. The summed E-state index contributed by atoms with van der Waals surface area (Å²) in [5.41, 5.74) is -0.216. The van der Waals surface area contributed by atoms with Crippen molar-refractivity contribution in [1.29, 1.82) is 0 Å². The molecule has 0 saturated carbocycles. The molecule has 0 bridgehead atoms. The Morgan fingerprint density at radius 1 is 1.25 bits per heavy atom. The molecule has 0 spiro atoms. The van der Waals surface area contributed by atoms with Crippen LogP contribution in [-0.2, 0) is 10.0 Å². The van der Waals surface area contributed by atoms with Crippen LogP contribution in [0.1, 0.15) is 41.0 Å². The van der Waals surface area contributed by atoms with Gasteiger partial charge >= 0.3 is 6.03 Å². The molecule has 20 heavy (non-hydrogen) atoms. The molecule has 0 radical (unpaired) electrons. The molecule has 1 rings (SSSR count). The Kier molecular flexibility index (Phi) is 5.43. The van der Waals surface area contributed by atoms with Gasteiger partial charge in [-0.25, -0.2) is 13.2 Å². The molecule has 2 amide bonds. The highest BCUT2D eigenvalue weighted by molar-refractivity contribution is 7.89. The smallest absolute Gasteiger partial charge is 0.315 e. The van der Waals surface area contributed by atoms with E-state index in [2.05, 4.69) is 10.6 Å². The van der Waals surface area contributed by atoms with E-state index in [1.807, 2.05) is 34.6 Å². The molecule has 1 aliphatic rings. The quantitative estimate of drug-likeness (QED) is 0.817. The molecule has 1 aliphatic heterocycles. The zero-order chi connectivity index (χ0) is 15.6. The van der Waals surface area contributed by atoms with Crippen molar-refractivity contribution >= 4 is 16.1 Å². The molecule has 0 aromatic heterocycles. The largest absolute Gasteiger partial charge is 0.336 e. The molecule has 7 heteroatoms. The van der Waals surface area contributed by atoms with Gasteiger partial charge in [0.25, 0.3) is 0 Å². The summed E-state index contributed by atoms with van der Waals surface area (Å²) in [6.07, 6.45) is 0.664. The topological polar surface area (TPSA) is 78.5 Å². The zero-order valence-electron chi connectivity index (χ0n) is 13.1. The van der Waals surface area contributed by atoms with Crippen LogP contribution in [0.4, 0.5) is 4.79 Å². The minimum Gasteiger partial charge on any atom is -0.336 e. The van der Waals surface area contributed by atoms with E-state index in [9.17, 15) is 13.2 Å². The van der Waals surface area contributed by atoms with Crippen molar-refractivity contribution in [3.63, 3.8) is 0 Å². The average molecular weight is 305 g/mol. The van der Waals surface area contributed by atoms with Crippen LogP contribution in [0.2, 0.25) is 0 Å². The number of rotatable bonds is 4. The van der Waals surface area contributed by atoms with Crippen LogP contribution in [-0.4, -0.2) is 49.7 Å². The number of hydrogen-bond donors (Lipinski definition) is 2. The van der Waals surface area contributed by atoms with Gasteiger partial charge in [0.05, 0.1) is 5.75 Å². The Balaban J connectivity index is 2.73. The number of nitrogens with one attached hydrogen (secondary N) is 2. The lowest BCUT2D eigenvalue weighted by molar-refractivity contribution is 0.203. The van der Waals surface area contributed by atoms with Gasteiger partial charge in [-0.3, -0.25) is 0 Å². The third-order valence-corrected chi connectivity index (χ3v) is 5.28. The summed E-state index contributed by atoms with van der Waals surface area (Å²) in [5, 5.41) is 5.67. The molecule has 0 aliphatic carbocycles. The summed E-state index contributed by atoms with van der Waals surface area (Å²) in [6, 6.07) is -0.434. The summed E-state index contributed by atoms with van der Waals surface area (Å²) < 4.78 is 25.3. The summed E-state index contributed by atoms with van der Waals surface area (Å²) in [6.45, 7) is 10.6. The molecule has 1 fully saturated rings. The third kappa shape index (κ3) is 4.94. The van der Waals surface area contributed by atoms with Gasteiger partial charge in [-0.1, -0.05) is 20.8 Å². The summed E-state index contributed by atoms with van der Waals surface area (Å²) in [4.78, 5) is 11.9. The molecule has 0 aromatic rings. The first-order valence-electron chi connectivity index (χ1n) is 7.07. The minimum absolute atomic E-state index is 0.0473. The normalized spacial score (nSPS) is 20.9.